The molecule has 0 spiro atoms. The molecule has 0 bridgehead atoms. The van der Waals surface area contributed by atoms with Crippen LogP contribution in [0.5, 0.6) is 5.75 Å². The number of nitrogens with zero attached hydrogens (tertiary/aromatic N) is 2. The number of carbonyl (C=O) groups is 3. The number of imide groups is 1. The van der Waals surface area contributed by atoms with Gasteiger partial charge in [-0.15, -0.1) is 0 Å². The minimum absolute atomic E-state index is 0.00559. The summed E-state index contributed by atoms with van der Waals surface area (Å²) in [5, 5.41) is 2.32. The van der Waals surface area contributed by atoms with E-state index in [4.69, 9.17) is 4.74 Å². The van der Waals surface area contributed by atoms with Gasteiger partial charge in [0.1, 0.15) is 17.9 Å². The summed E-state index contributed by atoms with van der Waals surface area (Å²) in [6.07, 6.45) is 4.28. The third kappa shape index (κ3) is 4.65. The lowest BCUT2D eigenvalue weighted by atomic mass is 10.0. The molecule has 3 heterocycles. The second kappa shape index (κ2) is 9.58. The first-order chi connectivity index (χ1) is 16.4. The van der Waals surface area contributed by atoms with E-state index in [9.17, 15) is 23.2 Å². The lowest BCUT2D eigenvalue weighted by molar-refractivity contribution is -0.174. The number of fused-ring (bicyclic) bond motifs is 1. The molecule has 2 saturated heterocycles. The molecule has 1 saturated carbocycles. The van der Waals surface area contributed by atoms with Gasteiger partial charge in [-0.3, -0.25) is 24.6 Å². The molecule has 5 rings (SSSR count). The summed E-state index contributed by atoms with van der Waals surface area (Å²) in [7, 11) is 0. The Balaban J connectivity index is 1.22. The molecule has 1 aromatic carbocycles. The van der Waals surface area contributed by atoms with E-state index in [2.05, 4.69) is 15.0 Å². The molecule has 3 amide bonds. The van der Waals surface area contributed by atoms with Crippen LogP contribution in [0.1, 0.15) is 60.9 Å². The van der Waals surface area contributed by atoms with E-state index in [-0.39, 0.29) is 30.4 Å². The number of nitrogens with one attached hydrogen (secondary N) is 1. The zero-order valence-corrected chi connectivity index (χ0v) is 18.9. The highest BCUT2D eigenvalue weighted by Crippen LogP contribution is 2.34. The Hall–Kier alpha value is -2.59. The first kappa shape index (κ1) is 23.2. The monoisotopic (exact) mass is 477 g/mol. The SMILES string of the molecule is O=C1CCC(N2Cc3cc(OC4CCCC4N4CCC(OC(F)F)CC4)ccc3C2=O)C(=O)N1. The van der Waals surface area contributed by atoms with Gasteiger partial charge in [-0.25, -0.2) is 0 Å². The molecule has 3 atom stereocenters. The van der Waals surface area contributed by atoms with Crippen molar-refractivity contribution in [2.75, 3.05) is 13.1 Å². The first-order valence-electron chi connectivity index (χ1n) is 12.0. The molecule has 4 aliphatic rings. The number of alkyl halides is 2. The highest BCUT2D eigenvalue weighted by molar-refractivity contribution is 6.05. The fraction of sp³-hybridized carbons (Fsp3) is 0.625. The van der Waals surface area contributed by atoms with Gasteiger partial charge < -0.3 is 14.4 Å². The number of hydrogen-bond acceptors (Lipinski definition) is 6. The van der Waals surface area contributed by atoms with E-state index >= 15 is 0 Å². The van der Waals surface area contributed by atoms with Crippen molar-refractivity contribution >= 4 is 17.7 Å². The van der Waals surface area contributed by atoms with E-state index in [0.717, 1.165) is 24.8 Å². The molecule has 8 nitrogen and oxygen atoms in total. The maximum Gasteiger partial charge on any atom is 0.345 e. The van der Waals surface area contributed by atoms with Crippen LogP contribution >= 0.6 is 0 Å². The number of likely N-dealkylation sites (tertiary alicyclic amines) is 1. The molecule has 3 aliphatic heterocycles. The van der Waals surface area contributed by atoms with Crippen molar-refractivity contribution in [2.24, 2.45) is 0 Å². The zero-order chi connectivity index (χ0) is 23.8. The summed E-state index contributed by atoms with van der Waals surface area (Å²) < 4.78 is 36.0. The van der Waals surface area contributed by atoms with Crippen LogP contribution in [-0.4, -0.2) is 71.5 Å². The molecular weight excluding hydrogens is 448 g/mol. The van der Waals surface area contributed by atoms with E-state index in [0.29, 0.717) is 50.2 Å². The van der Waals surface area contributed by atoms with Crippen molar-refractivity contribution in [2.45, 2.75) is 82.4 Å². The number of hydrogen-bond donors (Lipinski definition) is 1. The van der Waals surface area contributed by atoms with Crippen LogP contribution in [0, 0.1) is 0 Å². The van der Waals surface area contributed by atoms with Crippen LogP contribution in [0.4, 0.5) is 8.78 Å². The van der Waals surface area contributed by atoms with E-state index < -0.39 is 24.7 Å². The lowest BCUT2D eigenvalue weighted by Crippen LogP contribution is -2.52. The lowest BCUT2D eigenvalue weighted by Gasteiger charge is -2.38. The first-order valence-corrected chi connectivity index (χ1v) is 12.0. The number of halogens is 2. The molecule has 34 heavy (non-hydrogen) atoms. The standard InChI is InChI=1S/C24H29F2N3O5/c25-24(26)34-15-8-10-28(11-9-15)18-2-1-3-20(18)33-16-4-5-17-14(12-16)13-29(23(17)32)19-6-7-21(30)27-22(19)31/h4-5,12,15,18-20,24H,1-3,6-11,13H2,(H,27,30,31). The van der Waals surface area contributed by atoms with Crippen molar-refractivity contribution in [3.8, 4) is 5.75 Å². The van der Waals surface area contributed by atoms with Gasteiger partial charge in [0.05, 0.1) is 6.10 Å². The summed E-state index contributed by atoms with van der Waals surface area (Å²) in [6.45, 7) is -0.997. The Labute approximate surface area is 196 Å². The Morgan fingerprint density at radius 2 is 1.82 bits per heavy atom. The Bertz CT molecular complexity index is 966. The average molecular weight is 478 g/mol. The maximum atomic E-state index is 12.9. The predicted molar refractivity (Wildman–Crippen MR) is 116 cm³/mol. The van der Waals surface area contributed by atoms with Gasteiger partial charge in [0, 0.05) is 37.7 Å². The molecule has 0 aromatic heterocycles. The number of carbonyl (C=O) groups excluding carboxylic acids is 3. The van der Waals surface area contributed by atoms with Gasteiger partial charge in [-0.1, -0.05) is 0 Å². The fourth-order valence-electron chi connectivity index (χ4n) is 5.75. The normalized spacial score (nSPS) is 28.5. The van der Waals surface area contributed by atoms with Crippen molar-refractivity contribution in [1.82, 2.24) is 15.1 Å². The van der Waals surface area contributed by atoms with Crippen LogP contribution < -0.4 is 10.1 Å². The largest absolute Gasteiger partial charge is 0.489 e. The van der Waals surface area contributed by atoms with Gasteiger partial charge in [0.25, 0.3) is 5.91 Å². The molecule has 0 radical (unpaired) electrons. The van der Waals surface area contributed by atoms with E-state index in [1.165, 1.54) is 4.90 Å². The maximum absolute atomic E-state index is 12.9. The van der Waals surface area contributed by atoms with Crippen LogP contribution in [0.2, 0.25) is 0 Å². The highest BCUT2D eigenvalue weighted by Gasteiger charge is 2.40. The minimum Gasteiger partial charge on any atom is -0.489 e. The second-order valence-corrected chi connectivity index (χ2v) is 9.51. The quantitative estimate of drug-likeness (QED) is 0.634. The smallest absolute Gasteiger partial charge is 0.345 e. The average Bonchev–Trinajstić information content (AvgIpc) is 3.38. The molecule has 3 fully saturated rings. The number of rotatable bonds is 6. The summed E-state index contributed by atoms with van der Waals surface area (Å²) in [4.78, 5) is 40.4. The third-order valence-electron chi connectivity index (χ3n) is 7.44. The fourth-order valence-corrected chi connectivity index (χ4v) is 5.75. The summed E-state index contributed by atoms with van der Waals surface area (Å²) >= 11 is 0. The summed E-state index contributed by atoms with van der Waals surface area (Å²) in [6, 6.07) is 5.00. The topological polar surface area (TPSA) is 88.2 Å². The van der Waals surface area contributed by atoms with Crippen LogP contribution in [0.3, 0.4) is 0 Å². The Kier molecular flexibility index (Phi) is 6.52. The second-order valence-electron chi connectivity index (χ2n) is 9.51. The summed E-state index contributed by atoms with van der Waals surface area (Å²) in [5.41, 5.74) is 1.37. The highest BCUT2D eigenvalue weighted by atomic mass is 19.3. The summed E-state index contributed by atoms with van der Waals surface area (Å²) in [5.74, 6) is -0.253. The van der Waals surface area contributed by atoms with Crippen LogP contribution in [-0.2, 0) is 20.9 Å². The van der Waals surface area contributed by atoms with Gasteiger partial charge in [0.15, 0.2) is 0 Å². The molecule has 1 N–H and O–H groups in total. The number of amides is 3. The number of ether oxygens (including phenoxy) is 2. The predicted octanol–water partition coefficient (Wildman–Crippen LogP) is 2.45. The van der Waals surface area contributed by atoms with Crippen molar-refractivity contribution in [3.05, 3.63) is 29.3 Å². The van der Waals surface area contributed by atoms with Gasteiger partial charge in [0.2, 0.25) is 11.8 Å². The molecule has 184 valence electrons. The molecule has 1 aliphatic carbocycles. The third-order valence-corrected chi connectivity index (χ3v) is 7.44. The Morgan fingerprint density at radius 1 is 1.03 bits per heavy atom. The number of piperidine rings is 2. The van der Waals surface area contributed by atoms with Gasteiger partial charge >= 0.3 is 6.61 Å². The molecule has 10 heteroatoms. The van der Waals surface area contributed by atoms with Gasteiger partial charge in [-0.2, -0.15) is 8.78 Å². The zero-order valence-electron chi connectivity index (χ0n) is 18.9. The minimum atomic E-state index is -2.73. The van der Waals surface area contributed by atoms with Crippen molar-refractivity contribution in [3.63, 3.8) is 0 Å². The number of benzene rings is 1. The van der Waals surface area contributed by atoms with Crippen molar-refractivity contribution < 1.29 is 32.6 Å². The van der Waals surface area contributed by atoms with E-state index in [1.54, 1.807) is 12.1 Å². The molecule has 1 aromatic rings. The van der Waals surface area contributed by atoms with E-state index in [1.807, 2.05) is 6.07 Å². The molecule has 3 unspecified atom stereocenters. The van der Waals surface area contributed by atoms with Crippen molar-refractivity contribution in [1.29, 1.82) is 0 Å². The Morgan fingerprint density at radius 3 is 2.56 bits per heavy atom. The van der Waals surface area contributed by atoms with Crippen LogP contribution in [0.15, 0.2) is 18.2 Å². The van der Waals surface area contributed by atoms with Gasteiger partial charge in [-0.05, 0) is 62.3 Å². The molecular formula is C24H29F2N3O5. The van der Waals surface area contributed by atoms with Crippen LogP contribution in [0.25, 0.3) is 0 Å².